The summed E-state index contributed by atoms with van der Waals surface area (Å²) >= 11 is 0. The van der Waals surface area contributed by atoms with Crippen LogP contribution in [0, 0.1) is 11.8 Å². The summed E-state index contributed by atoms with van der Waals surface area (Å²) in [5, 5.41) is 0. The molecule has 0 aromatic heterocycles. The van der Waals surface area contributed by atoms with Gasteiger partial charge in [-0.2, -0.15) is 0 Å². The molecule has 0 aromatic rings. The number of hydrogen-bond donors (Lipinski definition) is 0. The zero-order valence-corrected chi connectivity index (χ0v) is 8.79. The molecule has 0 N–H and O–H groups in total. The highest BCUT2D eigenvalue weighted by molar-refractivity contribution is 5.84. The fourth-order valence-electron chi connectivity index (χ4n) is 1.16. The van der Waals surface area contributed by atoms with Crippen molar-refractivity contribution in [3.8, 4) is 0 Å². The Balaban J connectivity index is 3.85. The predicted octanol–water partition coefficient (Wildman–Crippen LogP) is 1.80. The van der Waals surface area contributed by atoms with Crippen LogP contribution in [0.2, 0.25) is 0 Å². The van der Waals surface area contributed by atoms with Gasteiger partial charge in [0.15, 0.2) is 0 Å². The maximum atomic E-state index is 11.3. The molecule has 0 saturated carbocycles. The van der Waals surface area contributed by atoms with Crippen molar-refractivity contribution in [3.63, 3.8) is 0 Å². The summed E-state index contributed by atoms with van der Waals surface area (Å²) in [7, 11) is 1.34. The van der Waals surface area contributed by atoms with Gasteiger partial charge in [0, 0.05) is 12.8 Å². The Hall–Kier alpha value is -0.860. The van der Waals surface area contributed by atoms with Gasteiger partial charge in [-0.1, -0.05) is 20.8 Å². The number of hydrogen-bond acceptors (Lipinski definition) is 3. The molecule has 3 nitrogen and oxygen atoms in total. The number of esters is 1. The molecule has 13 heavy (non-hydrogen) atoms. The largest absolute Gasteiger partial charge is 0.469 e. The van der Waals surface area contributed by atoms with Gasteiger partial charge >= 0.3 is 5.97 Å². The summed E-state index contributed by atoms with van der Waals surface area (Å²) in [6, 6.07) is 0. The summed E-state index contributed by atoms with van der Waals surface area (Å²) in [4.78, 5) is 22.2. The van der Waals surface area contributed by atoms with E-state index in [1.165, 1.54) is 7.11 Å². The number of methoxy groups -OCH3 is 1. The van der Waals surface area contributed by atoms with E-state index in [4.69, 9.17) is 0 Å². The van der Waals surface area contributed by atoms with Crippen molar-refractivity contribution in [3.05, 3.63) is 0 Å². The van der Waals surface area contributed by atoms with Crippen LogP contribution >= 0.6 is 0 Å². The number of carbonyl (C=O) groups is 2. The lowest BCUT2D eigenvalue weighted by Gasteiger charge is -2.08. The van der Waals surface area contributed by atoms with Crippen LogP contribution in [0.1, 0.15) is 33.6 Å². The average Bonchev–Trinajstić information content (AvgIpc) is 2.01. The van der Waals surface area contributed by atoms with E-state index in [2.05, 4.69) is 4.74 Å². The lowest BCUT2D eigenvalue weighted by molar-refractivity contribution is -0.146. The summed E-state index contributed by atoms with van der Waals surface area (Å²) in [5.74, 6) is -0.126. The third kappa shape index (κ3) is 5.39. The van der Waals surface area contributed by atoms with Gasteiger partial charge < -0.3 is 4.74 Å². The second-order valence-corrected chi connectivity index (χ2v) is 3.76. The van der Waals surface area contributed by atoms with Crippen molar-refractivity contribution in [2.24, 2.45) is 11.8 Å². The first-order chi connectivity index (χ1) is 5.97. The van der Waals surface area contributed by atoms with E-state index in [0.717, 1.165) is 0 Å². The molecule has 0 fully saturated rings. The second kappa shape index (κ2) is 5.73. The van der Waals surface area contributed by atoms with E-state index in [1.807, 2.05) is 13.8 Å². The SMILES string of the molecule is COC(=O)C(C)CC(=O)CC(C)C. The van der Waals surface area contributed by atoms with Crippen molar-refractivity contribution in [1.29, 1.82) is 0 Å². The monoisotopic (exact) mass is 186 g/mol. The second-order valence-electron chi connectivity index (χ2n) is 3.76. The molecule has 0 aliphatic rings. The van der Waals surface area contributed by atoms with E-state index in [1.54, 1.807) is 6.92 Å². The Bertz CT molecular complexity index is 185. The van der Waals surface area contributed by atoms with E-state index in [-0.39, 0.29) is 17.7 Å². The van der Waals surface area contributed by atoms with E-state index < -0.39 is 0 Å². The average molecular weight is 186 g/mol. The lowest BCUT2D eigenvalue weighted by Crippen LogP contribution is -2.17. The fraction of sp³-hybridized carbons (Fsp3) is 0.800. The number of ether oxygens (including phenoxy) is 1. The van der Waals surface area contributed by atoms with E-state index in [9.17, 15) is 9.59 Å². The van der Waals surface area contributed by atoms with Crippen LogP contribution in [-0.2, 0) is 14.3 Å². The Kier molecular flexibility index (Phi) is 5.35. The lowest BCUT2D eigenvalue weighted by atomic mass is 9.98. The van der Waals surface area contributed by atoms with Crippen LogP contribution in [0.3, 0.4) is 0 Å². The summed E-state index contributed by atoms with van der Waals surface area (Å²) in [5.41, 5.74) is 0. The van der Waals surface area contributed by atoms with Gasteiger partial charge in [-0.05, 0) is 5.92 Å². The standard InChI is InChI=1S/C10H18O3/c1-7(2)5-9(11)6-8(3)10(12)13-4/h7-8H,5-6H2,1-4H3. The maximum Gasteiger partial charge on any atom is 0.308 e. The fourth-order valence-corrected chi connectivity index (χ4v) is 1.16. The van der Waals surface area contributed by atoms with Crippen molar-refractivity contribution < 1.29 is 14.3 Å². The topological polar surface area (TPSA) is 43.4 Å². The molecule has 1 atom stereocenters. The first-order valence-corrected chi connectivity index (χ1v) is 4.56. The molecule has 0 aromatic carbocycles. The summed E-state index contributed by atoms with van der Waals surface area (Å²) in [6.45, 7) is 5.69. The molecule has 0 rings (SSSR count). The van der Waals surface area contributed by atoms with Crippen LogP contribution in [0.5, 0.6) is 0 Å². The van der Waals surface area contributed by atoms with Crippen molar-refractivity contribution in [1.82, 2.24) is 0 Å². The summed E-state index contributed by atoms with van der Waals surface area (Å²) in [6.07, 6.45) is 0.839. The molecular formula is C10H18O3. The van der Waals surface area contributed by atoms with Gasteiger partial charge in [0.25, 0.3) is 0 Å². The van der Waals surface area contributed by atoms with Gasteiger partial charge in [0.1, 0.15) is 5.78 Å². The van der Waals surface area contributed by atoms with Crippen LogP contribution in [0.4, 0.5) is 0 Å². The third-order valence-electron chi connectivity index (χ3n) is 1.77. The molecule has 0 aliphatic heterocycles. The van der Waals surface area contributed by atoms with E-state index in [0.29, 0.717) is 18.8 Å². The van der Waals surface area contributed by atoms with Gasteiger partial charge in [0.05, 0.1) is 13.0 Å². The van der Waals surface area contributed by atoms with Gasteiger partial charge in [-0.25, -0.2) is 0 Å². The smallest absolute Gasteiger partial charge is 0.308 e. The number of ketones is 1. The normalized spacial score (nSPS) is 12.7. The highest BCUT2D eigenvalue weighted by Crippen LogP contribution is 2.10. The van der Waals surface area contributed by atoms with E-state index >= 15 is 0 Å². The Morgan fingerprint density at radius 2 is 1.69 bits per heavy atom. The van der Waals surface area contributed by atoms with Crippen molar-refractivity contribution >= 4 is 11.8 Å². The van der Waals surface area contributed by atoms with Gasteiger partial charge in [-0.3, -0.25) is 9.59 Å². The third-order valence-corrected chi connectivity index (χ3v) is 1.77. The minimum Gasteiger partial charge on any atom is -0.469 e. The minimum atomic E-state index is -0.309. The van der Waals surface area contributed by atoms with Gasteiger partial charge in [0.2, 0.25) is 0 Å². The Labute approximate surface area is 79.5 Å². The molecule has 1 unspecified atom stereocenters. The van der Waals surface area contributed by atoms with Crippen LogP contribution in [0.25, 0.3) is 0 Å². The molecule has 0 heterocycles. The number of Topliss-reactive ketones (excluding diaryl/α,β-unsaturated/α-hetero) is 1. The molecular weight excluding hydrogens is 168 g/mol. The Morgan fingerprint density at radius 1 is 1.15 bits per heavy atom. The molecule has 0 saturated heterocycles. The molecule has 0 amide bonds. The molecule has 0 aliphatic carbocycles. The number of carbonyl (C=O) groups excluding carboxylic acids is 2. The van der Waals surface area contributed by atoms with Crippen molar-refractivity contribution in [2.45, 2.75) is 33.6 Å². The minimum absolute atomic E-state index is 0.132. The summed E-state index contributed by atoms with van der Waals surface area (Å²) < 4.78 is 4.53. The first kappa shape index (κ1) is 12.1. The highest BCUT2D eigenvalue weighted by Gasteiger charge is 2.17. The zero-order chi connectivity index (χ0) is 10.4. The number of rotatable bonds is 5. The molecule has 0 bridgehead atoms. The maximum absolute atomic E-state index is 11.3. The molecule has 76 valence electrons. The molecule has 0 spiro atoms. The molecule has 3 heteroatoms. The molecule has 0 radical (unpaired) electrons. The zero-order valence-electron chi connectivity index (χ0n) is 8.79. The van der Waals surface area contributed by atoms with Crippen LogP contribution < -0.4 is 0 Å². The van der Waals surface area contributed by atoms with Crippen molar-refractivity contribution in [2.75, 3.05) is 7.11 Å². The predicted molar refractivity (Wildman–Crippen MR) is 50.3 cm³/mol. The van der Waals surface area contributed by atoms with Gasteiger partial charge in [-0.15, -0.1) is 0 Å². The van der Waals surface area contributed by atoms with Crippen LogP contribution in [0.15, 0.2) is 0 Å². The first-order valence-electron chi connectivity index (χ1n) is 4.56. The van der Waals surface area contributed by atoms with Crippen LogP contribution in [-0.4, -0.2) is 18.9 Å². The Morgan fingerprint density at radius 3 is 2.08 bits per heavy atom. The highest BCUT2D eigenvalue weighted by atomic mass is 16.5. The quantitative estimate of drug-likeness (QED) is 0.615.